The molecule has 1 aromatic rings. The molecule has 94 valence electrons. The minimum absolute atomic E-state index is 0.590. The molecule has 3 nitrogen and oxygen atoms in total. The van der Waals surface area contributed by atoms with Gasteiger partial charge in [-0.05, 0) is 37.8 Å². The van der Waals surface area contributed by atoms with Gasteiger partial charge >= 0.3 is 0 Å². The Balaban J connectivity index is 2.22. The summed E-state index contributed by atoms with van der Waals surface area (Å²) in [6.07, 6.45) is 6.84. The Morgan fingerprint density at radius 1 is 1.53 bits per heavy atom. The van der Waals surface area contributed by atoms with Crippen LogP contribution in [0.5, 0.6) is 5.75 Å². The van der Waals surface area contributed by atoms with Gasteiger partial charge in [0.2, 0.25) is 0 Å². The fraction of sp³-hybridized carbons (Fsp3) is 0.615. The molecule has 2 heterocycles. The van der Waals surface area contributed by atoms with Gasteiger partial charge in [-0.1, -0.05) is 15.9 Å². The average Bonchev–Trinajstić information content (AvgIpc) is 2.40. The lowest BCUT2D eigenvalue weighted by Crippen LogP contribution is -2.40. The van der Waals surface area contributed by atoms with Crippen molar-refractivity contribution in [1.29, 1.82) is 0 Å². The molecule has 4 heteroatoms. The number of alkyl halides is 1. The molecule has 1 aliphatic rings. The molecule has 0 saturated carbocycles. The molecule has 0 amide bonds. The van der Waals surface area contributed by atoms with Crippen LogP contribution in [0, 0.1) is 0 Å². The highest BCUT2D eigenvalue weighted by Gasteiger charge is 2.25. The zero-order valence-corrected chi connectivity index (χ0v) is 11.8. The molecule has 1 aliphatic heterocycles. The Labute approximate surface area is 111 Å². The van der Waals surface area contributed by atoms with Crippen LogP contribution in [0.15, 0.2) is 18.3 Å². The van der Waals surface area contributed by atoms with Crippen LogP contribution in [0.2, 0.25) is 0 Å². The predicted octanol–water partition coefficient (Wildman–Crippen LogP) is 3.23. The summed E-state index contributed by atoms with van der Waals surface area (Å²) in [7, 11) is 1.71. The molecule has 17 heavy (non-hydrogen) atoms. The van der Waals surface area contributed by atoms with Crippen molar-refractivity contribution in [3.63, 3.8) is 0 Å². The predicted molar refractivity (Wildman–Crippen MR) is 74.2 cm³/mol. The average molecular weight is 299 g/mol. The first kappa shape index (κ1) is 12.7. The molecule has 2 rings (SSSR count). The normalized spacial score (nSPS) is 20.4. The van der Waals surface area contributed by atoms with E-state index in [1.54, 1.807) is 7.11 Å². The molecule has 0 radical (unpaired) electrons. The number of anilines is 1. The fourth-order valence-electron chi connectivity index (χ4n) is 2.46. The lowest BCUT2D eigenvalue weighted by molar-refractivity contribution is 0.399. The van der Waals surface area contributed by atoms with Gasteiger partial charge in [0, 0.05) is 24.1 Å². The van der Waals surface area contributed by atoms with Crippen molar-refractivity contribution < 1.29 is 4.74 Å². The summed E-state index contributed by atoms with van der Waals surface area (Å²) < 4.78 is 5.41. The third kappa shape index (κ3) is 2.92. The third-order valence-corrected chi connectivity index (χ3v) is 3.77. The quantitative estimate of drug-likeness (QED) is 0.798. The van der Waals surface area contributed by atoms with Crippen molar-refractivity contribution in [2.45, 2.75) is 31.7 Å². The summed E-state index contributed by atoms with van der Waals surface area (Å²) in [5.41, 5.74) is 0. The van der Waals surface area contributed by atoms with E-state index in [0.717, 1.165) is 23.4 Å². The van der Waals surface area contributed by atoms with Crippen LogP contribution < -0.4 is 9.64 Å². The van der Waals surface area contributed by atoms with Gasteiger partial charge in [-0.2, -0.15) is 0 Å². The van der Waals surface area contributed by atoms with Crippen molar-refractivity contribution in [3.8, 4) is 5.75 Å². The summed E-state index contributed by atoms with van der Waals surface area (Å²) in [5, 5.41) is 1.04. The molecule has 1 saturated heterocycles. The monoisotopic (exact) mass is 298 g/mol. The largest absolute Gasteiger partial charge is 0.493 e. The molecule has 1 aromatic heterocycles. The van der Waals surface area contributed by atoms with Gasteiger partial charge in [0.1, 0.15) is 0 Å². The minimum Gasteiger partial charge on any atom is -0.493 e. The first-order valence-electron chi connectivity index (χ1n) is 6.18. The van der Waals surface area contributed by atoms with Gasteiger partial charge in [-0.3, -0.25) is 0 Å². The third-order valence-electron chi connectivity index (χ3n) is 3.31. The number of aromatic nitrogens is 1. The van der Waals surface area contributed by atoms with E-state index in [9.17, 15) is 0 Å². The van der Waals surface area contributed by atoms with E-state index in [1.807, 2.05) is 18.3 Å². The molecular formula is C13H19BrN2O. The Morgan fingerprint density at radius 2 is 2.41 bits per heavy atom. The van der Waals surface area contributed by atoms with Gasteiger partial charge in [0.15, 0.2) is 11.6 Å². The number of ether oxygens (including phenoxy) is 1. The van der Waals surface area contributed by atoms with Gasteiger partial charge in [-0.15, -0.1) is 0 Å². The molecular weight excluding hydrogens is 280 g/mol. The highest BCUT2D eigenvalue weighted by atomic mass is 79.9. The molecule has 0 bridgehead atoms. The molecule has 0 aromatic carbocycles. The Kier molecular flexibility index (Phi) is 4.66. The number of pyridine rings is 1. The second-order valence-electron chi connectivity index (χ2n) is 4.35. The van der Waals surface area contributed by atoms with Gasteiger partial charge in [0.05, 0.1) is 7.11 Å². The Morgan fingerprint density at radius 3 is 3.18 bits per heavy atom. The smallest absolute Gasteiger partial charge is 0.171 e. The number of hydrogen-bond donors (Lipinski definition) is 0. The lowest BCUT2D eigenvalue weighted by atomic mass is 10.00. The summed E-state index contributed by atoms with van der Waals surface area (Å²) in [4.78, 5) is 6.90. The van der Waals surface area contributed by atoms with Crippen LogP contribution in [0.3, 0.4) is 0 Å². The van der Waals surface area contributed by atoms with Gasteiger partial charge in [-0.25, -0.2) is 4.98 Å². The minimum atomic E-state index is 0.590. The van der Waals surface area contributed by atoms with Crippen molar-refractivity contribution in [2.75, 3.05) is 23.9 Å². The SMILES string of the molecule is COc1cccnc1N1CCCCC1CCBr. The van der Waals surface area contributed by atoms with E-state index in [1.165, 1.54) is 25.7 Å². The molecule has 0 spiro atoms. The van der Waals surface area contributed by atoms with Gasteiger partial charge < -0.3 is 9.64 Å². The van der Waals surface area contributed by atoms with E-state index in [-0.39, 0.29) is 0 Å². The highest BCUT2D eigenvalue weighted by molar-refractivity contribution is 9.09. The standard InChI is InChI=1S/C13H19BrN2O/c1-17-12-6-4-9-15-13(12)16-10-3-2-5-11(16)7-8-14/h4,6,9,11H,2-3,5,7-8,10H2,1H3. The summed E-state index contributed by atoms with van der Waals surface area (Å²) in [5.74, 6) is 1.88. The number of piperidine rings is 1. The Hall–Kier alpha value is -0.770. The number of nitrogens with zero attached hydrogens (tertiary/aromatic N) is 2. The maximum absolute atomic E-state index is 5.41. The van der Waals surface area contributed by atoms with Crippen LogP contribution in [-0.2, 0) is 0 Å². The number of halogens is 1. The second-order valence-corrected chi connectivity index (χ2v) is 5.14. The first-order valence-corrected chi connectivity index (χ1v) is 7.30. The maximum atomic E-state index is 5.41. The van der Waals surface area contributed by atoms with E-state index in [0.29, 0.717) is 6.04 Å². The van der Waals surface area contributed by atoms with Crippen molar-refractivity contribution >= 4 is 21.7 Å². The summed E-state index contributed by atoms with van der Waals surface area (Å²) in [6.45, 7) is 1.09. The van der Waals surface area contributed by atoms with Crippen LogP contribution in [0.4, 0.5) is 5.82 Å². The lowest BCUT2D eigenvalue weighted by Gasteiger charge is -2.37. The van der Waals surface area contributed by atoms with Crippen LogP contribution in [0.1, 0.15) is 25.7 Å². The van der Waals surface area contributed by atoms with Crippen LogP contribution in [-0.4, -0.2) is 30.0 Å². The molecule has 0 aliphatic carbocycles. The number of methoxy groups -OCH3 is 1. The number of hydrogen-bond acceptors (Lipinski definition) is 3. The zero-order valence-electron chi connectivity index (χ0n) is 10.2. The van der Waals surface area contributed by atoms with E-state index >= 15 is 0 Å². The fourth-order valence-corrected chi connectivity index (χ4v) is 2.99. The number of rotatable bonds is 4. The second kappa shape index (κ2) is 6.24. The summed E-state index contributed by atoms with van der Waals surface area (Å²) >= 11 is 3.54. The maximum Gasteiger partial charge on any atom is 0.171 e. The van der Waals surface area contributed by atoms with Crippen molar-refractivity contribution in [2.24, 2.45) is 0 Å². The Bertz CT molecular complexity index is 357. The molecule has 1 unspecified atom stereocenters. The molecule has 0 N–H and O–H groups in total. The van der Waals surface area contributed by atoms with E-state index in [2.05, 4.69) is 25.8 Å². The van der Waals surface area contributed by atoms with Gasteiger partial charge in [0.25, 0.3) is 0 Å². The van der Waals surface area contributed by atoms with Crippen molar-refractivity contribution in [1.82, 2.24) is 4.98 Å². The topological polar surface area (TPSA) is 25.4 Å². The van der Waals surface area contributed by atoms with Crippen LogP contribution in [0.25, 0.3) is 0 Å². The zero-order chi connectivity index (χ0) is 12.1. The van der Waals surface area contributed by atoms with Crippen molar-refractivity contribution in [3.05, 3.63) is 18.3 Å². The first-order chi connectivity index (χ1) is 8.36. The molecule has 1 atom stereocenters. The highest BCUT2D eigenvalue weighted by Crippen LogP contribution is 2.31. The van der Waals surface area contributed by atoms with E-state index < -0.39 is 0 Å². The molecule has 1 fully saturated rings. The van der Waals surface area contributed by atoms with E-state index in [4.69, 9.17) is 4.74 Å². The summed E-state index contributed by atoms with van der Waals surface area (Å²) in [6, 6.07) is 4.50. The van der Waals surface area contributed by atoms with Crippen LogP contribution >= 0.6 is 15.9 Å².